The van der Waals surface area contributed by atoms with Gasteiger partial charge in [0.1, 0.15) is 0 Å². The molecule has 2 N–H and O–H groups in total. The van der Waals surface area contributed by atoms with E-state index in [1.807, 2.05) is 19.2 Å². The van der Waals surface area contributed by atoms with E-state index in [9.17, 15) is 0 Å². The number of aromatic nitrogens is 6. The Hall–Kier alpha value is -2.02. The molecular formula is C9H8N6S. The van der Waals surface area contributed by atoms with Gasteiger partial charge in [0, 0.05) is 13.2 Å². The van der Waals surface area contributed by atoms with Gasteiger partial charge in [-0.15, -0.1) is 0 Å². The minimum Gasteiger partial charge on any atom is -0.334 e. The fourth-order valence-corrected chi connectivity index (χ4v) is 1.64. The molecule has 0 unspecified atom stereocenters. The van der Waals surface area contributed by atoms with E-state index in [1.165, 1.54) is 0 Å². The molecule has 0 aliphatic carbocycles. The molecule has 0 saturated heterocycles. The normalized spacial score (nSPS) is 11.1. The Kier molecular flexibility index (Phi) is 1.87. The van der Waals surface area contributed by atoms with Crippen LogP contribution < -0.4 is 0 Å². The molecule has 3 aromatic rings. The molecule has 0 spiro atoms. The molecule has 3 aromatic heterocycles. The van der Waals surface area contributed by atoms with E-state index in [0.717, 1.165) is 5.52 Å². The second-order valence-corrected chi connectivity index (χ2v) is 3.76. The molecule has 0 radical (unpaired) electrons. The second-order valence-electron chi connectivity index (χ2n) is 3.37. The smallest absolute Gasteiger partial charge is 0.198 e. The summed E-state index contributed by atoms with van der Waals surface area (Å²) in [5.41, 5.74) is 1.55. The van der Waals surface area contributed by atoms with Crippen molar-refractivity contribution in [3.8, 4) is 11.6 Å². The van der Waals surface area contributed by atoms with Crippen molar-refractivity contribution < 1.29 is 0 Å². The van der Waals surface area contributed by atoms with Crippen LogP contribution in [0.1, 0.15) is 0 Å². The molecule has 0 aliphatic rings. The Balaban J connectivity index is 2.26. The molecule has 7 heteroatoms. The summed E-state index contributed by atoms with van der Waals surface area (Å²) in [5.74, 6) is 1.33. The first-order valence-corrected chi connectivity index (χ1v) is 5.09. The van der Waals surface area contributed by atoms with Gasteiger partial charge in [-0.3, -0.25) is 5.10 Å². The minimum atomic E-state index is 0.559. The molecule has 0 amide bonds. The quantitative estimate of drug-likeness (QED) is 0.622. The summed E-state index contributed by atoms with van der Waals surface area (Å²) in [5, 5.41) is 6.82. The van der Waals surface area contributed by atoms with Gasteiger partial charge in [-0.1, -0.05) is 0 Å². The Morgan fingerprint density at radius 3 is 3.00 bits per heavy atom. The van der Waals surface area contributed by atoms with Gasteiger partial charge in [-0.05, 0) is 24.4 Å². The number of nitrogens with one attached hydrogen (secondary N) is 2. The van der Waals surface area contributed by atoms with Crippen molar-refractivity contribution >= 4 is 23.4 Å². The topological polar surface area (TPSA) is 75.2 Å². The number of rotatable bonds is 1. The van der Waals surface area contributed by atoms with Crippen molar-refractivity contribution in [1.82, 2.24) is 29.7 Å². The highest BCUT2D eigenvalue weighted by molar-refractivity contribution is 7.71. The lowest BCUT2D eigenvalue weighted by atomic mass is 10.4. The summed E-state index contributed by atoms with van der Waals surface area (Å²) in [6.45, 7) is 0. The molecule has 0 bridgehead atoms. The monoisotopic (exact) mass is 232 g/mol. The first-order chi connectivity index (χ1) is 7.75. The van der Waals surface area contributed by atoms with Crippen molar-refractivity contribution in [3.63, 3.8) is 0 Å². The first-order valence-electron chi connectivity index (χ1n) is 4.68. The van der Waals surface area contributed by atoms with Gasteiger partial charge in [-0.25, -0.2) is 9.97 Å². The van der Waals surface area contributed by atoms with Crippen LogP contribution in [0.25, 0.3) is 22.8 Å². The second kappa shape index (κ2) is 3.24. The highest BCUT2D eigenvalue weighted by Gasteiger charge is 2.10. The van der Waals surface area contributed by atoms with Gasteiger partial charge in [0.25, 0.3) is 0 Å². The fourth-order valence-electron chi connectivity index (χ4n) is 1.51. The molecule has 16 heavy (non-hydrogen) atoms. The van der Waals surface area contributed by atoms with Crippen LogP contribution in [-0.2, 0) is 7.05 Å². The number of pyridine rings is 1. The van der Waals surface area contributed by atoms with E-state index in [0.29, 0.717) is 22.1 Å². The SMILES string of the molecule is Cn1c(-c2nc3ncccc3[nH]2)n[nH]c1=S. The molecule has 0 atom stereocenters. The van der Waals surface area contributed by atoms with Crippen molar-refractivity contribution in [3.05, 3.63) is 23.1 Å². The van der Waals surface area contributed by atoms with Crippen LogP contribution in [0.15, 0.2) is 18.3 Å². The third-order valence-electron chi connectivity index (χ3n) is 2.35. The number of imidazole rings is 1. The largest absolute Gasteiger partial charge is 0.334 e. The lowest BCUT2D eigenvalue weighted by Crippen LogP contribution is -1.93. The Bertz CT molecular complexity index is 673. The zero-order valence-electron chi connectivity index (χ0n) is 8.43. The van der Waals surface area contributed by atoms with Gasteiger partial charge in [0.05, 0.1) is 5.52 Å². The van der Waals surface area contributed by atoms with Crippen molar-refractivity contribution in [2.75, 3.05) is 0 Å². The number of aromatic amines is 2. The summed E-state index contributed by atoms with van der Waals surface area (Å²) >= 11 is 5.04. The lowest BCUT2D eigenvalue weighted by Gasteiger charge is -1.93. The van der Waals surface area contributed by atoms with E-state index in [2.05, 4.69) is 25.1 Å². The lowest BCUT2D eigenvalue weighted by molar-refractivity contribution is 0.894. The van der Waals surface area contributed by atoms with Crippen LogP contribution in [0, 0.1) is 4.77 Å². The highest BCUT2D eigenvalue weighted by Crippen LogP contribution is 2.16. The van der Waals surface area contributed by atoms with Crippen molar-refractivity contribution in [2.24, 2.45) is 7.05 Å². The number of nitrogens with zero attached hydrogens (tertiary/aromatic N) is 4. The minimum absolute atomic E-state index is 0.559. The number of fused-ring (bicyclic) bond motifs is 1. The van der Waals surface area contributed by atoms with E-state index in [4.69, 9.17) is 12.2 Å². The Labute approximate surface area is 95.4 Å². The maximum absolute atomic E-state index is 5.04. The van der Waals surface area contributed by atoms with Crippen LogP contribution >= 0.6 is 12.2 Å². The summed E-state index contributed by atoms with van der Waals surface area (Å²) in [6.07, 6.45) is 1.70. The zero-order valence-corrected chi connectivity index (χ0v) is 9.25. The Morgan fingerprint density at radius 2 is 2.31 bits per heavy atom. The third kappa shape index (κ3) is 1.25. The zero-order chi connectivity index (χ0) is 11.1. The average Bonchev–Trinajstić information content (AvgIpc) is 2.84. The average molecular weight is 232 g/mol. The van der Waals surface area contributed by atoms with Crippen LogP contribution in [-0.4, -0.2) is 29.7 Å². The van der Waals surface area contributed by atoms with Gasteiger partial charge in [0.15, 0.2) is 22.1 Å². The summed E-state index contributed by atoms with van der Waals surface area (Å²) < 4.78 is 2.32. The van der Waals surface area contributed by atoms with Crippen LogP contribution in [0.2, 0.25) is 0 Å². The number of hydrogen-bond acceptors (Lipinski definition) is 4. The van der Waals surface area contributed by atoms with Crippen LogP contribution in [0.5, 0.6) is 0 Å². The fraction of sp³-hybridized carbons (Fsp3) is 0.111. The number of H-pyrrole nitrogens is 2. The van der Waals surface area contributed by atoms with E-state index in [1.54, 1.807) is 10.8 Å². The van der Waals surface area contributed by atoms with E-state index < -0.39 is 0 Å². The first kappa shape index (κ1) is 9.22. The highest BCUT2D eigenvalue weighted by atomic mass is 32.1. The molecule has 0 aliphatic heterocycles. The van der Waals surface area contributed by atoms with Crippen LogP contribution in [0.4, 0.5) is 0 Å². The van der Waals surface area contributed by atoms with Gasteiger partial charge < -0.3 is 9.55 Å². The maximum Gasteiger partial charge on any atom is 0.198 e. The molecule has 6 nitrogen and oxygen atoms in total. The summed E-state index contributed by atoms with van der Waals surface area (Å²) in [4.78, 5) is 11.6. The van der Waals surface area contributed by atoms with E-state index >= 15 is 0 Å². The molecule has 0 saturated carbocycles. The molecule has 80 valence electrons. The number of hydrogen-bond donors (Lipinski definition) is 2. The van der Waals surface area contributed by atoms with Gasteiger partial charge in [0.2, 0.25) is 0 Å². The standard InChI is InChI=1S/C9H8N6S/c1-15-8(13-14-9(15)16)7-11-5-3-2-4-10-6(5)12-7/h2-4H,1H3,(H,14,16)(H,10,11,12). The third-order valence-corrected chi connectivity index (χ3v) is 2.71. The summed E-state index contributed by atoms with van der Waals surface area (Å²) in [6, 6.07) is 3.77. The van der Waals surface area contributed by atoms with Gasteiger partial charge >= 0.3 is 0 Å². The molecular weight excluding hydrogens is 224 g/mol. The summed E-state index contributed by atoms with van der Waals surface area (Å²) in [7, 11) is 1.84. The molecule has 3 heterocycles. The van der Waals surface area contributed by atoms with Crippen LogP contribution in [0.3, 0.4) is 0 Å². The molecule has 3 rings (SSSR count). The van der Waals surface area contributed by atoms with Crippen molar-refractivity contribution in [1.29, 1.82) is 0 Å². The van der Waals surface area contributed by atoms with E-state index in [-0.39, 0.29) is 0 Å². The predicted molar refractivity (Wildman–Crippen MR) is 61.3 cm³/mol. The molecule has 0 fully saturated rings. The van der Waals surface area contributed by atoms with Crippen molar-refractivity contribution in [2.45, 2.75) is 0 Å². The maximum atomic E-state index is 5.04. The molecule has 0 aromatic carbocycles. The predicted octanol–water partition coefficient (Wildman–Crippen LogP) is 1.42. The Morgan fingerprint density at radius 1 is 1.44 bits per heavy atom. The van der Waals surface area contributed by atoms with Gasteiger partial charge in [-0.2, -0.15) is 5.10 Å².